The van der Waals surface area contributed by atoms with Crippen molar-refractivity contribution in [2.75, 3.05) is 0 Å². The van der Waals surface area contributed by atoms with Gasteiger partial charge in [0.25, 0.3) is 0 Å². The molecule has 3 aromatic rings. The molecule has 0 aliphatic rings. The lowest BCUT2D eigenvalue weighted by molar-refractivity contribution is -0.137. The number of carboxylic acid groups (broad SMARTS) is 1. The van der Waals surface area contributed by atoms with Crippen LogP contribution < -0.4 is 4.74 Å². The highest BCUT2D eigenvalue weighted by atomic mass is 16.5. The van der Waals surface area contributed by atoms with Gasteiger partial charge in [0.2, 0.25) is 0 Å². The number of ether oxygens (including phenoxy) is 1. The Kier molecular flexibility index (Phi) is 7.08. The van der Waals surface area contributed by atoms with Crippen LogP contribution in [0.1, 0.15) is 41.5 Å². The van der Waals surface area contributed by atoms with Crippen molar-refractivity contribution in [3.05, 3.63) is 101 Å². The average molecular weight is 384 g/mol. The quantitative estimate of drug-likeness (QED) is 0.526. The average Bonchev–Trinajstić information content (AvgIpc) is 2.74. The molecule has 0 aliphatic carbocycles. The second-order valence-electron chi connectivity index (χ2n) is 6.88. The minimum Gasteiger partial charge on any atom is -0.489 e. The Bertz CT molecular complexity index is 978. The van der Waals surface area contributed by atoms with Crippen molar-refractivity contribution in [2.45, 2.75) is 32.3 Å². The molecule has 0 bridgehead atoms. The fraction of sp³-hybridized carbons (Fsp3) is 0.192. The molecule has 0 heterocycles. The van der Waals surface area contributed by atoms with E-state index in [9.17, 15) is 4.79 Å². The van der Waals surface area contributed by atoms with Gasteiger partial charge in [-0.3, -0.25) is 4.79 Å². The Morgan fingerprint density at radius 3 is 2.14 bits per heavy atom. The predicted octanol–water partition coefficient (Wildman–Crippen LogP) is 5.44. The first-order valence-electron chi connectivity index (χ1n) is 9.62. The van der Waals surface area contributed by atoms with E-state index in [1.165, 1.54) is 11.1 Å². The van der Waals surface area contributed by atoms with Crippen LogP contribution in [-0.2, 0) is 17.8 Å². The summed E-state index contributed by atoms with van der Waals surface area (Å²) in [5, 5.41) is 9.05. The Morgan fingerprint density at radius 2 is 1.52 bits per heavy atom. The first kappa shape index (κ1) is 20.2. The van der Waals surface area contributed by atoms with Crippen molar-refractivity contribution in [2.24, 2.45) is 0 Å². The molecule has 146 valence electrons. The largest absolute Gasteiger partial charge is 0.489 e. The van der Waals surface area contributed by atoms with Gasteiger partial charge in [-0.15, -0.1) is 5.92 Å². The zero-order valence-electron chi connectivity index (χ0n) is 16.5. The molecule has 1 N–H and O–H groups in total. The van der Waals surface area contributed by atoms with E-state index in [2.05, 4.69) is 60.4 Å². The van der Waals surface area contributed by atoms with E-state index in [0.717, 1.165) is 23.3 Å². The molecular formula is C26H24O3. The van der Waals surface area contributed by atoms with Gasteiger partial charge in [0, 0.05) is 0 Å². The number of carbonyl (C=O) groups is 1. The van der Waals surface area contributed by atoms with Crippen LogP contribution in [0.4, 0.5) is 0 Å². The molecule has 0 amide bonds. The van der Waals surface area contributed by atoms with Gasteiger partial charge in [-0.1, -0.05) is 72.7 Å². The van der Waals surface area contributed by atoms with Crippen LogP contribution in [0.2, 0.25) is 0 Å². The van der Waals surface area contributed by atoms with E-state index < -0.39 is 5.97 Å². The Morgan fingerprint density at radius 1 is 0.897 bits per heavy atom. The van der Waals surface area contributed by atoms with Gasteiger partial charge in [0.15, 0.2) is 0 Å². The van der Waals surface area contributed by atoms with E-state index in [-0.39, 0.29) is 12.3 Å². The molecule has 0 radical (unpaired) electrons. The number of rotatable bonds is 8. The maximum Gasteiger partial charge on any atom is 0.304 e. The number of carboxylic acids is 1. The van der Waals surface area contributed by atoms with Gasteiger partial charge in [-0.05, 0) is 47.7 Å². The van der Waals surface area contributed by atoms with Crippen LogP contribution in [0.5, 0.6) is 5.75 Å². The molecular weight excluding hydrogens is 360 g/mol. The summed E-state index contributed by atoms with van der Waals surface area (Å²) in [7, 11) is 0. The number of aliphatic carboxylic acids is 1. The molecule has 3 rings (SSSR count). The fourth-order valence-corrected chi connectivity index (χ4v) is 3.15. The van der Waals surface area contributed by atoms with Crippen molar-refractivity contribution in [1.29, 1.82) is 0 Å². The summed E-state index contributed by atoms with van der Waals surface area (Å²) >= 11 is 0. The minimum absolute atomic E-state index is 0.00360. The molecule has 0 saturated carbocycles. The zero-order chi connectivity index (χ0) is 20.5. The van der Waals surface area contributed by atoms with Crippen molar-refractivity contribution in [3.8, 4) is 17.6 Å². The Labute approximate surface area is 172 Å². The summed E-state index contributed by atoms with van der Waals surface area (Å²) in [6.45, 7) is 2.20. The van der Waals surface area contributed by atoms with Crippen molar-refractivity contribution in [3.63, 3.8) is 0 Å². The van der Waals surface area contributed by atoms with Gasteiger partial charge in [-0.25, -0.2) is 0 Å². The molecule has 0 aliphatic heterocycles. The first-order chi connectivity index (χ1) is 14.1. The summed E-state index contributed by atoms with van der Waals surface area (Å²) in [5.74, 6) is 5.36. The topological polar surface area (TPSA) is 46.5 Å². The van der Waals surface area contributed by atoms with Crippen LogP contribution in [0.25, 0.3) is 0 Å². The molecule has 3 aromatic carbocycles. The zero-order valence-corrected chi connectivity index (χ0v) is 16.5. The lowest BCUT2D eigenvalue weighted by atomic mass is 9.96. The third kappa shape index (κ3) is 6.26. The molecule has 0 fully saturated rings. The van der Waals surface area contributed by atoms with E-state index in [1.807, 2.05) is 30.3 Å². The normalized spacial score (nSPS) is 11.2. The SMILES string of the molecule is CC#C[C@@H](CC(=O)O)c1ccc(OCc2ccc(Cc3ccccc3)cc2)cc1. The van der Waals surface area contributed by atoms with Gasteiger partial charge < -0.3 is 9.84 Å². The van der Waals surface area contributed by atoms with E-state index >= 15 is 0 Å². The molecule has 0 unspecified atom stereocenters. The van der Waals surface area contributed by atoms with Crippen LogP contribution in [0.3, 0.4) is 0 Å². The third-order valence-electron chi connectivity index (χ3n) is 4.66. The number of hydrogen-bond acceptors (Lipinski definition) is 2. The molecule has 3 nitrogen and oxygen atoms in total. The maximum atomic E-state index is 11.0. The van der Waals surface area contributed by atoms with Crippen LogP contribution in [-0.4, -0.2) is 11.1 Å². The Balaban J connectivity index is 1.56. The summed E-state index contributed by atoms with van der Waals surface area (Å²) < 4.78 is 5.87. The van der Waals surface area contributed by atoms with E-state index in [4.69, 9.17) is 9.84 Å². The lowest BCUT2D eigenvalue weighted by Crippen LogP contribution is -2.04. The molecule has 0 aromatic heterocycles. The number of hydrogen-bond donors (Lipinski definition) is 1. The fourth-order valence-electron chi connectivity index (χ4n) is 3.15. The maximum absolute atomic E-state index is 11.0. The summed E-state index contributed by atoms with van der Waals surface area (Å²) in [5.41, 5.74) is 4.56. The van der Waals surface area contributed by atoms with E-state index in [0.29, 0.717) is 6.61 Å². The molecule has 0 spiro atoms. The summed E-state index contributed by atoms with van der Waals surface area (Å²) in [6.07, 6.45) is 0.915. The van der Waals surface area contributed by atoms with E-state index in [1.54, 1.807) is 6.92 Å². The first-order valence-corrected chi connectivity index (χ1v) is 9.62. The van der Waals surface area contributed by atoms with Crippen molar-refractivity contribution in [1.82, 2.24) is 0 Å². The number of benzene rings is 3. The monoisotopic (exact) mass is 384 g/mol. The molecule has 0 saturated heterocycles. The summed E-state index contributed by atoms with van der Waals surface area (Å²) in [4.78, 5) is 11.0. The highest BCUT2D eigenvalue weighted by molar-refractivity contribution is 5.69. The highest BCUT2D eigenvalue weighted by Gasteiger charge is 2.13. The minimum atomic E-state index is -0.853. The van der Waals surface area contributed by atoms with Crippen LogP contribution >= 0.6 is 0 Å². The van der Waals surface area contributed by atoms with Crippen molar-refractivity contribution < 1.29 is 14.6 Å². The van der Waals surface area contributed by atoms with Gasteiger partial charge in [-0.2, -0.15) is 0 Å². The lowest BCUT2D eigenvalue weighted by Gasteiger charge is -2.11. The van der Waals surface area contributed by atoms with Crippen LogP contribution in [0, 0.1) is 11.8 Å². The second-order valence-corrected chi connectivity index (χ2v) is 6.88. The highest BCUT2D eigenvalue weighted by Crippen LogP contribution is 2.23. The molecule has 29 heavy (non-hydrogen) atoms. The Hall–Kier alpha value is -3.51. The standard InChI is InChI=1S/C26H24O3/c1-2-6-24(18-26(27)28)23-13-15-25(16-14-23)29-19-22-11-9-21(10-12-22)17-20-7-4-3-5-8-20/h3-5,7-16,24H,17-19H2,1H3,(H,27,28)/t24-/m0/s1. The molecule has 1 atom stereocenters. The second kappa shape index (κ2) is 10.1. The van der Waals surface area contributed by atoms with Crippen molar-refractivity contribution >= 4 is 5.97 Å². The smallest absolute Gasteiger partial charge is 0.304 e. The summed E-state index contributed by atoms with van der Waals surface area (Å²) in [6, 6.07) is 26.4. The third-order valence-corrected chi connectivity index (χ3v) is 4.66. The van der Waals surface area contributed by atoms with Gasteiger partial charge in [0.1, 0.15) is 12.4 Å². The van der Waals surface area contributed by atoms with Crippen LogP contribution in [0.15, 0.2) is 78.9 Å². The van der Waals surface area contributed by atoms with Gasteiger partial charge in [0.05, 0.1) is 12.3 Å². The molecule has 3 heteroatoms. The predicted molar refractivity (Wildman–Crippen MR) is 115 cm³/mol. The van der Waals surface area contributed by atoms with Gasteiger partial charge >= 0.3 is 5.97 Å².